The summed E-state index contributed by atoms with van der Waals surface area (Å²) in [6, 6.07) is 0. The molecule has 1 unspecified atom stereocenters. The lowest BCUT2D eigenvalue weighted by Crippen LogP contribution is -2.32. The maximum absolute atomic E-state index is 4.59. The molecule has 90 valence electrons. The molecule has 0 aromatic heterocycles. The van der Waals surface area contributed by atoms with E-state index in [-0.39, 0.29) is 0 Å². The van der Waals surface area contributed by atoms with Crippen molar-refractivity contribution in [1.29, 1.82) is 0 Å². The van der Waals surface area contributed by atoms with Crippen LogP contribution in [0.3, 0.4) is 0 Å². The fourth-order valence-electron chi connectivity index (χ4n) is 2.53. The molecule has 2 heterocycles. The van der Waals surface area contributed by atoms with Crippen LogP contribution in [0.15, 0.2) is 4.99 Å². The van der Waals surface area contributed by atoms with Gasteiger partial charge in [0.15, 0.2) is 5.17 Å². The lowest BCUT2D eigenvalue weighted by atomic mass is 10.3. The molecular formula is C12H21N3S. The molecule has 1 aliphatic carbocycles. The number of nitrogens with one attached hydrogen (secondary N) is 1. The molecule has 0 radical (unpaired) electrons. The van der Waals surface area contributed by atoms with Crippen molar-refractivity contribution in [2.75, 3.05) is 32.7 Å². The predicted molar refractivity (Wildman–Crippen MR) is 70.1 cm³/mol. The van der Waals surface area contributed by atoms with Crippen LogP contribution in [0.25, 0.3) is 0 Å². The van der Waals surface area contributed by atoms with Gasteiger partial charge in [-0.3, -0.25) is 4.99 Å². The minimum absolute atomic E-state index is 0.800. The van der Waals surface area contributed by atoms with E-state index in [1.165, 1.54) is 50.5 Å². The Hall–Kier alpha value is -0.220. The predicted octanol–water partition coefficient (Wildman–Crippen LogP) is 1.55. The second kappa shape index (κ2) is 4.96. The highest BCUT2D eigenvalue weighted by molar-refractivity contribution is 8.14. The summed E-state index contributed by atoms with van der Waals surface area (Å²) in [5.74, 6) is 0.978. The van der Waals surface area contributed by atoms with Gasteiger partial charge in [0.25, 0.3) is 0 Å². The third kappa shape index (κ3) is 2.72. The van der Waals surface area contributed by atoms with Crippen LogP contribution in [-0.4, -0.2) is 48.0 Å². The number of aliphatic imine (C=N–C) groups is 1. The van der Waals surface area contributed by atoms with E-state index in [1.807, 2.05) is 11.8 Å². The Labute approximate surface area is 102 Å². The first-order valence-electron chi connectivity index (χ1n) is 6.59. The second-order valence-electron chi connectivity index (χ2n) is 5.12. The fourth-order valence-corrected chi connectivity index (χ4v) is 3.76. The highest BCUT2D eigenvalue weighted by Gasteiger charge is 2.35. The maximum Gasteiger partial charge on any atom is 0.156 e. The first-order chi connectivity index (χ1) is 7.92. The van der Waals surface area contributed by atoms with Crippen molar-refractivity contribution in [3.8, 4) is 0 Å². The summed E-state index contributed by atoms with van der Waals surface area (Å²) in [6.45, 7) is 5.91. The monoisotopic (exact) mass is 239 g/mol. The topological polar surface area (TPSA) is 27.6 Å². The molecular weight excluding hydrogens is 218 g/mol. The van der Waals surface area contributed by atoms with E-state index < -0.39 is 0 Å². The van der Waals surface area contributed by atoms with E-state index in [0.29, 0.717) is 0 Å². The van der Waals surface area contributed by atoms with Gasteiger partial charge in [-0.05, 0) is 44.7 Å². The summed E-state index contributed by atoms with van der Waals surface area (Å²) in [5, 5.41) is 5.50. The standard InChI is InChI=1S/C12H21N3S/c1-2-7-15(6-1)8-5-13-12-14-9-11(16-12)10-3-4-10/h10-11H,1-9H2,(H,13,14). The van der Waals surface area contributed by atoms with Crippen molar-refractivity contribution in [1.82, 2.24) is 10.2 Å². The molecule has 0 aromatic carbocycles. The SMILES string of the molecule is C1CCN(CCNC2=NCC(C3CC3)S2)C1. The zero-order valence-electron chi connectivity index (χ0n) is 9.82. The Morgan fingerprint density at radius 3 is 2.88 bits per heavy atom. The van der Waals surface area contributed by atoms with Crippen LogP contribution in [0.4, 0.5) is 0 Å². The molecule has 4 heteroatoms. The molecule has 2 fully saturated rings. The zero-order chi connectivity index (χ0) is 10.8. The van der Waals surface area contributed by atoms with Gasteiger partial charge in [0, 0.05) is 18.3 Å². The summed E-state index contributed by atoms with van der Waals surface area (Å²) in [5.41, 5.74) is 0. The Kier molecular flexibility index (Phi) is 3.38. The number of hydrogen-bond acceptors (Lipinski definition) is 4. The van der Waals surface area contributed by atoms with Crippen molar-refractivity contribution in [3.05, 3.63) is 0 Å². The lowest BCUT2D eigenvalue weighted by molar-refractivity contribution is 0.344. The van der Waals surface area contributed by atoms with Gasteiger partial charge in [-0.1, -0.05) is 11.8 Å². The van der Waals surface area contributed by atoms with Crippen LogP contribution in [0.1, 0.15) is 25.7 Å². The van der Waals surface area contributed by atoms with Crippen LogP contribution in [0, 0.1) is 5.92 Å². The van der Waals surface area contributed by atoms with Gasteiger partial charge in [0.2, 0.25) is 0 Å². The number of thioether (sulfide) groups is 1. The van der Waals surface area contributed by atoms with E-state index in [1.54, 1.807) is 0 Å². The van der Waals surface area contributed by atoms with E-state index in [0.717, 1.165) is 24.3 Å². The van der Waals surface area contributed by atoms with Crippen molar-refractivity contribution < 1.29 is 0 Å². The van der Waals surface area contributed by atoms with E-state index in [9.17, 15) is 0 Å². The number of rotatable bonds is 4. The van der Waals surface area contributed by atoms with Crippen molar-refractivity contribution in [2.45, 2.75) is 30.9 Å². The fraction of sp³-hybridized carbons (Fsp3) is 0.917. The highest BCUT2D eigenvalue weighted by atomic mass is 32.2. The van der Waals surface area contributed by atoms with Gasteiger partial charge in [0.1, 0.15) is 0 Å². The van der Waals surface area contributed by atoms with Gasteiger partial charge in [-0.15, -0.1) is 0 Å². The van der Waals surface area contributed by atoms with E-state index in [4.69, 9.17) is 0 Å². The molecule has 1 atom stereocenters. The van der Waals surface area contributed by atoms with Crippen LogP contribution >= 0.6 is 11.8 Å². The minimum Gasteiger partial charge on any atom is -0.364 e. The molecule has 0 bridgehead atoms. The summed E-state index contributed by atoms with van der Waals surface area (Å²) in [4.78, 5) is 7.14. The minimum atomic E-state index is 0.800. The Bertz CT molecular complexity index is 269. The third-order valence-electron chi connectivity index (χ3n) is 3.73. The van der Waals surface area contributed by atoms with Gasteiger partial charge >= 0.3 is 0 Å². The second-order valence-corrected chi connectivity index (χ2v) is 6.34. The molecule has 1 saturated carbocycles. The Morgan fingerprint density at radius 2 is 2.12 bits per heavy atom. The normalized spacial score (nSPS) is 30.8. The maximum atomic E-state index is 4.59. The van der Waals surface area contributed by atoms with Gasteiger partial charge in [-0.2, -0.15) is 0 Å². The van der Waals surface area contributed by atoms with Crippen molar-refractivity contribution in [2.24, 2.45) is 10.9 Å². The number of amidine groups is 1. The lowest BCUT2D eigenvalue weighted by Gasteiger charge is -2.15. The van der Waals surface area contributed by atoms with E-state index in [2.05, 4.69) is 15.2 Å². The Morgan fingerprint density at radius 1 is 1.31 bits per heavy atom. The number of likely N-dealkylation sites (tertiary alicyclic amines) is 1. The molecule has 0 spiro atoms. The largest absolute Gasteiger partial charge is 0.364 e. The van der Waals surface area contributed by atoms with Crippen LogP contribution < -0.4 is 5.32 Å². The highest BCUT2D eigenvalue weighted by Crippen LogP contribution is 2.41. The van der Waals surface area contributed by atoms with Gasteiger partial charge < -0.3 is 10.2 Å². The molecule has 3 nitrogen and oxygen atoms in total. The quantitative estimate of drug-likeness (QED) is 0.807. The van der Waals surface area contributed by atoms with Crippen LogP contribution in [0.5, 0.6) is 0 Å². The average molecular weight is 239 g/mol. The van der Waals surface area contributed by atoms with Crippen LogP contribution in [0.2, 0.25) is 0 Å². The third-order valence-corrected chi connectivity index (χ3v) is 5.06. The average Bonchev–Trinajstić information content (AvgIpc) is 2.83. The molecule has 0 aromatic rings. The summed E-state index contributed by atoms with van der Waals surface area (Å²) < 4.78 is 0. The number of hydrogen-bond donors (Lipinski definition) is 1. The van der Waals surface area contributed by atoms with Crippen molar-refractivity contribution >= 4 is 16.9 Å². The van der Waals surface area contributed by atoms with E-state index >= 15 is 0 Å². The van der Waals surface area contributed by atoms with Crippen molar-refractivity contribution in [3.63, 3.8) is 0 Å². The molecule has 2 aliphatic heterocycles. The van der Waals surface area contributed by atoms with Crippen LogP contribution in [-0.2, 0) is 0 Å². The molecule has 0 amide bonds. The summed E-state index contributed by atoms with van der Waals surface area (Å²) in [6.07, 6.45) is 5.65. The molecule has 1 N–H and O–H groups in total. The van der Waals surface area contributed by atoms with Gasteiger partial charge in [-0.25, -0.2) is 0 Å². The molecule has 3 rings (SSSR count). The molecule has 16 heavy (non-hydrogen) atoms. The smallest absolute Gasteiger partial charge is 0.156 e. The molecule has 1 saturated heterocycles. The molecule has 3 aliphatic rings. The van der Waals surface area contributed by atoms with Gasteiger partial charge in [0.05, 0.1) is 6.54 Å². The number of nitrogens with zero attached hydrogens (tertiary/aromatic N) is 2. The summed E-state index contributed by atoms with van der Waals surface area (Å²) in [7, 11) is 0. The Balaban J connectivity index is 1.33. The summed E-state index contributed by atoms with van der Waals surface area (Å²) >= 11 is 1.98. The first-order valence-corrected chi connectivity index (χ1v) is 7.47. The first kappa shape index (κ1) is 10.9. The zero-order valence-corrected chi connectivity index (χ0v) is 10.6.